The molecular formula is C23H31N5O3. The second kappa shape index (κ2) is 9.41. The summed E-state index contributed by atoms with van der Waals surface area (Å²) >= 11 is 0. The molecule has 2 aliphatic rings. The maximum atomic E-state index is 13.0. The zero-order chi connectivity index (χ0) is 21.8. The molecule has 1 aromatic heterocycles. The molecule has 0 atom stereocenters. The number of benzene rings is 1. The van der Waals surface area contributed by atoms with Gasteiger partial charge in [0, 0.05) is 50.9 Å². The van der Waals surface area contributed by atoms with Crippen LogP contribution in [0.1, 0.15) is 35.4 Å². The zero-order valence-electron chi connectivity index (χ0n) is 18.6. The molecule has 0 spiro atoms. The summed E-state index contributed by atoms with van der Waals surface area (Å²) in [5.74, 6) is 3.95. The van der Waals surface area contributed by atoms with Crippen LogP contribution in [0, 0.1) is 6.92 Å². The summed E-state index contributed by atoms with van der Waals surface area (Å²) in [7, 11) is 3.16. The number of rotatable bonds is 5. The Balaban J connectivity index is 1.43. The summed E-state index contributed by atoms with van der Waals surface area (Å²) < 4.78 is 10.6. The van der Waals surface area contributed by atoms with Gasteiger partial charge in [-0.3, -0.25) is 4.79 Å². The Morgan fingerprint density at radius 1 is 0.806 bits per heavy atom. The topological polar surface area (TPSA) is 71.0 Å². The van der Waals surface area contributed by atoms with Crippen molar-refractivity contribution in [3.8, 4) is 11.5 Å². The van der Waals surface area contributed by atoms with Gasteiger partial charge in [0.05, 0.1) is 14.2 Å². The Hall–Kier alpha value is -3.03. The minimum absolute atomic E-state index is 0.00785. The third-order valence-electron chi connectivity index (χ3n) is 6.01. The summed E-state index contributed by atoms with van der Waals surface area (Å²) in [6.07, 6.45) is 3.73. The average molecular weight is 426 g/mol. The molecule has 2 fully saturated rings. The number of methoxy groups -OCH3 is 2. The van der Waals surface area contributed by atoms with Gasteiger partial charge in [-0.1, -0.05) is 0 Å². The molecule has 3 heterocycles. The van der Waals surface area contributed by atoms with Crippen molar-refractivity contribution in [1.29, 1.82) is 0 Å². The molecule has 8 nitrogen and oxygen atoms in total. The molecule has 0 aliphatic carbocycles. The molecule has 4 rings (SSSR count). The number of piperazine rings is 1. The number of piperidine rings is 1. The van der Waals surface area contributed by atoms with E-state index in [1.807, 2.05) is 11.8 Å². The number of anilines is 2. The first-order chi connectivity index (χ1) is 15.1. The van der Waals surface area contributed by atoms with Gasteiger partial charge in [-0.2, -0.15) is 0 Å². The Kier molecular flexibility index (Phi) is 6.44. The summed E-state index contributed by atoms with van der Waals surface area (Å²) in [4.78, 5) is 28.8. The molecular weight excluding hydrogens is 394 g/mol. The number of aryl methyl sites for hydroxylation is 1. The van der Waals surface area contributed by atoms with Crippen LogP contribution in [0.25, 0.3) is 0 Å². The molecule has 2 saturated heterocycles. The third kappa shape index (κ3) is 4.68. The highest BCUT2D eigenvalue weighted by Gasteiger charge is 2.25. The molecule has 0 saturated carbocycles. The second-order valence-corrected chi connectivity index (χ2v) is 8.03. The summed E-state index contributed by atoms with van der Waals surface area (Å²) in [5.41, 5.74) is 0.608. The lowest BCUT2D eigenvalue weighted by Crippen LogP contribution is -2.49. The van der Waals surface area contributed by atoms with E-state index in [1.54, 1.807) is 32.4 Å². The Morgan fingerprint density at radius 3 is 2.03 bits per heavy atom. The molecule has 0 radical (unpaired) electrons. The van der Waals surface area contributed by atoms with E-state index in [2.05, 4.69) is 25.8 Å². The fourth-order valence-electron chi connectivity index (χ4n) is 4.27. The quantitative estimate of drug-likeness (QED) is 0.729. The van der Waals surface area contributed by atoms with Crippen LogP contribution < -0.4 is 19.3 Å². The van der Waals surface area contributed by atoms with Gasteiger partial charge in [-0.15, -0.1) is 0 Å². The number of carbonyl (C=O) groups excluding carboxylic acids is 1. The van der Waals surface area contributed by atoms with Gasteiger partial charge in [0.2, 0.25) is 0 Å². The van der Waals surface area contributed by atoms with Gasteiger partial charge < -0.3 is 24.2 Å². The van der Waals surface area contributed by atoms with Crippen molar-refractivity contribution < 1.29 is 14.3 Å². The number of hydrogen-bond acceptors (Lipinski definition) is 7. The molecule has 8 heteroatoms. The van der Waals surface area contributed by atoms with E-state index in [-0.39, 0.29) is 5.91 Å². The molecule has 166 valence electrons. The molecule has 31 heavy (non-hydrogen) atoms. The van der Waals surface area contributed by atoms with Crippen molar-refractivity contribution >= 4 is 17.5 Å². The van der Waals surface area contributed by atoms with Crippen LogP contribution in [0.4, 0.5) is 11.6 Å². The van der Waals surface area contributed by atoms with Crippen LogP contribution in [-0.2, 0) is 0 Å². The number of carbonyl (C=O) groups is 1. The van der Waals surface area contributed by atoms with E-state index in [1.165, 1.54) is 19.3 Å². The number of amides is 1. The lowest BCUT2D eigenvalue weighted by Gasteiger charge is -2.36. The van der Waals surface area contributed by atoms with Gasteiger partial charge >= 0.3 is 0 Å². The number of ether oxygens (including phenoxy) is 2. The van der Waals surface area contributed by atoms with Crippen LogP contribution in [0.15, 0.2) is 24.3 Å². The highest BCUT2D eigenvalue weighted by atomic mass is 16.5. The standard InChI is InChI=1S/C23H31N5O3/c1-17-24-21(26-9-5-4-6-10-26)16-22(25-17)27-11-13-28(14-12-27)23(29)18-7-8-19(30-2)20(15-18)31-3/h7-8,15-16H,4-6,9-14H2,1-3H3. The maximum absolute atomic E-state index is 13.0. The van der Waals surface area contributed by atoms with E-state index in [0.29, 0.717) is 30.2 Å². The lowest BCUT2D eigenvalue weighted by atomic mass is 10.1. The van der Waals surface area contributed by atoms with Crippen molar-refractivity contribution in [2.75, 3.05) is 63.3 Å². The van der Waals surface area contributed by atoms with Crippen LogP contribution in [0.5, 0.6) is 11.5 Å². The van der Waals surface area contributed by atoms with Gasteiger partial charge in [-0.05, 0) is 44.4 Å². The monoisotopic (exact) mass is 425 g/mol. The molecule has 0 unspecified atom stereocenters. The highest BCUT2D eigenvalue weighted by Crippen LogP contribution is 2.28. The van der Waals surface area contributed by atoms with Crippen LogP contribution in [0.3, 0.4) is 0 Å². The van der Waals surface area contributed by atoms with Crippen molar-refractivity contribution in [1.82, 2.24) is 14.9 Å². The summed E-state index contributed by atoms with van der Waals surface area (Å²) in [6, 6.07) is 7.40. The lowest BCUT2D eigenvalue weighted by molar-refractivity contribution is 0.0746. The predicted molar refractivity (Wildman–Crippen MR) is 120 cm³/mol. The first-order valence-electron chi connectivity index (χ1n) is 11.0. The number of hydrogen-bond donors (Lipinski definition) is 0. The van der Waals surface area contributed by atoms with Crippen molar-refractivity contribution in [2.24, 2.45) is 0 Å². The Morgan fingerprint density at radius 2 is 1.42 bits per heavy atom. The third-order valence-corrected chi connectivity index (χ3v) is 6.01. The molecule has 0 N–H and O–H groups in total. The average Bonchev–Trinajstić information content (AvgIpc) is 2.83. The van der Waals surface area contributed by atoms with Gasteiger partial charge in [0.15, 0.2) is 11.5 Å². The predicted octanol–water partition coefficient (Wildman–Crippen LogP) is 2.75. The van der Waals surface area contributed by atoms with Gasteiger partial charge in [0.25, 0.3) is 5.91 Å². The van der Waals surface area contributed by atoms with Gasteiger partial charge in [0.1, 0.15) is 17.5 Å². The molecule has 2 aromatic rings. The first-order valence-corrected chi connectivity index (χ1v) is 11.0. The van der Waals surface area contributed by atoms with E-state index < -0.39 is 0 Å². The van der Waals surface area contributed by atoms with Crippen LogP contribution in [-0.4, -0.2) is 74.3 Å². The van der Waals surface area contributed by atoms with E-state index in [0.717, 1.165) is 43.6 Å². The minimum atomic E-state index is 0.00785. The number of nitrogens with zero attached hydrogens (tertiary/aromatic N) is 5. The van der Waals surface area contributed by atoms with E-state index in [4.69, 9.17) is 9.47 Å². The molecule has 1 aromatic carbocycles. The zero-order valence-corrected chi connectivity index (χ0v) is 18.6. The normalized spacial score (nSPS) is 16.9. The van der Waals surface area contributed by atoms with Crippen molar-refractivity contribution in [3.05, 3.63) is 35.7 Å². The fraction of sp³-hybridized carbons (Fsp3) is 0.522. The first kappa shape index (κ1) is 21.2. The summed E-state index contributed by atoms with van der Waals surface area (Å²) in [6.45, 7) is 6.86. The minimum Gasteiger partial charge on any atom is -0.493 e. The maximum Gasteiger partial charge on any atom is 0.254 e. The van der Waals surface area contributed by atoms with Gasteiger partial charge in [-0.25, -0.2) is 9.97 Å². The van der Waals surface area contributed by atoms with E-state index >= 15 is 0 Å². The second-order valence-electron chi connectivity index (χ2n) is 8.03. The summed E-state index contributed by atoms with van der Waals surface area (Å²) in [5, 5.41) is 0. The largest absolute Gasteiger partial charge is 0.493 e. The highest BCUT2D eigenvalue weighted by molar-refractivity contribution is 5.95. The van der Waals surface area contributed by atoms with Crippen molar-refractivity contribution in [2.45, 2.75) is 26.2 Å². The fourth-order valence-corrected chi connectivity index (χ4v) is 4.27. The smallest absolute Gasteiger partial charge is 0.254 e. The SMILES string of the molecule is COc1ccc(C(=O)N2CCN(c3cc(N4CCCCC4)nc(C)n3)CC2)cc1OC. The van der Waals surface area contributed by atoms with Crippen LogP contribution >= 0.6 is 0 Å². The molecule has 2 aliphatic heterocycles. The molecule has 1 amide bonds. The van der Waals surface area contributed by atoms with E-state index in [9.17, 15) is 4.79 Å². The Bertz CT molecular complexity index is 921. The van der Waals surface area contributed by atoms with Crippen molar-refractivity contribution in [3.63, 3.8) is 0 Å². The Labute approximate surface area is 183 Å². The number of aromatic nitrogens is 2. The molecule has 0 bridgehead atoms. The van der Waals surface area contributed by atoms with Crippen LogP contribution in [0.2, 0.25) is 0 Å².